The molecule has 3 heteroatoms. The second-order valence-corrected chi connectivity index (χ2v) is 5.52. The number of hydrogen-bond donors (Lipinski definition) is 2. The Morgan fingerprint density at radius 3 is 2.00 bits per heavy atom. The molecule has 116 valence electrons. The van der Waals surface area contributed by atoms with Crippen molar-refractivity contribution < 1.29 is 5.11 Å². The number of nitrogens with one attached hydrogen (secondary N) is 1. The first-order valence-electron chi connectivity index (χ1n) is 7.50. The summed E-state index contributed by atoms with van der Waals surface area (Å²) in [6, 6.07) is 17.0. The Hall–Kier alpha value is -1.61. The van der Waals surface area contributed by atoms with Crippen molar-refractivity contribution in [2.45, 2.75) is 18.9 Å². The van der Waals surface area contributed by atoms with E-state index in [1.165, 1.54) is 22.3 Å². The third-order valence-corrected chi connectivity index (χ3v) is 4.05. The molecule has 0 bridgehead atoms. The monoisotopic (exact) mass is 315 g/mol. The highest BCUT2D eigenvalue weighted by Gasteiger charge is 2.18. The van der Waals surface area contributed by atoms with E-state index in [4.69, 9.17) is 0 Å². The van der Waals surface area contributed by atoms with E-state index >= 15 is 0 Å². The van der Waals surface area contributed by atoms with Crippen LogP contribution in [0, 0.1) is 0 Å². The third kappa shape index (κ3) is 3.41. The summed E-state index contributed by atoms with van der Waals surface area (Å²) >= 11 is 0. The molecular formula is C19H22ClNO. The highest BCUT2D eigenvalue weighted by atomic mass is 35.5. The quantitative estimate of drug-likeness (QED) is 0.911. The van der Waals surface area contributed by atoms with Crippen LogP contribution in [-0.4, -0.2) is 24.8 Å². The molecule has 3 rings (SSSR count). The standard InChI is InChI=1S/C19H21NO.ClH/c1-20-13-16(21)12-19-17-8-4-2-6-14(17)10-11-15-7-3-5-9-18(15)19;/h2-9,12,16,20-21H,10-11,13H2,1H3;1H. The second kappa shape index (κ2) is 7.59. The van der Waals surface area contributed by atoms with E-state index in [0.717, 1.165) is 18.4 Å². The van der Waals surface area contributed by atoms with Crippen LogP contribution >= 0.6 is 12.4 Å². The Bertz CT molecular complexity index is 616. The van der Waals surface area contributed by atoms with E-state index in [1.54, 1.807) is 0 Å². The normalized spacial score (nSPS) is 14.2. The summed E-state index contributed by atoms with van der Waals surface area (Å²) in [5.41, 5.74) is 6.37. The van der Waals surface area contributed by atoms with E-state index in [2.05, 4.69) is 53.8 Å². The van der Waals surface area contributed by atoms with Gasteiger partial charge in [0.15, 0.2) is 0 Å². The molecule has 0 radical (unpaired) electrons. The van der Waals surface area contributed by atoms with Crippen molar-refractivity contribution in [3.05, 3.63) is 76.9 Å². The molecule has 0 saturated carbocycles. The molecule has 1 atom stereocenters. The highest BCUT2D eigenvalue weighted by Crippen LogP contribution is 2.33. The Morgan fingerprint density at radius 2 is 1.50 bits per heavy atom. The Kier molecular flexibility index (Phi) is 5.78. The van der Waals surface area contributed by atoms with Crippen molar-refractivity contribution in [1.29, 1.82) is 0 Å². The van der Waals surface area contributed by atoms with Gasteiger partial charge in [-0.25, -0.2) is 0 Å². The van der Waals surface area contributed by atoms with Crippen molar-refractivity contribution >= 4 is 18.0 Å². The number of likely N-dealkylation sites (N-methyl/N-ethyl adjacent to an activating group) is 1. The maximum Gasteiger partial charge on any atom is 0.0854 e. The van der Waals surface area contributed by atoms with Crippen LogP contribution in [0.3, 0.4) is 0 Å². The zero-order chi connectivity index (χ0) is 14.7. The van der Waals surface area contributed by atoms with Crippen LogP contribution in [0.1, 0.15) is 22.3 Å². The SMILES string of the molecule is CNCC(O)C=C1c2ccccc2CCc2ccccc21.Cl. The number of aliphatic hydroxyl groups is 1. The van der Waals surface area contributed by atoms with Gasteiger partial charge in [0.25, 0.3) is 0 Å². The first-order valence-corrected chi connectivity index (χ1v) is 7.50. The van der Waals surface area contributed by atoms with Crippen LogP contribution in [0.5, 0.6) is 0 Å². The molecule has 2 nitrogen and oxygen atoms in total. The number of aliphatic hydroxyl groups excluding tert-OH is 1. The largest absolute Gasteiger partial charge is 0.388 e. The van der Waals surface area contributed by atoms with Crippen LogP contribution < -0.4 is 5.32 Å². The maximum atomic E-state index is 10.2. The van der Waals surface area contributed by atoms with Crippen LogP contribution in [0.25, 0.3) is 5.57 Å². The van der Waals surface area contributed by atoms with E-state index in [-0.39, 0.29) is 12.4 Å². The smallest absolute Gasteiger partial charge is 0.0854 e. The summed E-state index contributed by atoms with van der Waals surface area (Å²) in [5, 5.41) is 13.2. The number of aryl methyl sites for hydroxylation is 2. The number of fused-ring (bicyclic) bond motifs is 2. The Balaban J connectivity index is 0.00000176. The van der Waals surface area contributed by atoms with Crippen LogP contribution in [0.15, 0.2) is 54.6 Å². The lowest BCUT2D eigenvalue weighted by atomic mass is 9.93. The van der Waals surface area contributed by atoms with Crippen LogP contribution in [-0.2, 0) is 12.8 Å². The molecule has 2 aromatic carbocycles. The lowest BCUT2D eigenvalue weighted by Gasteiger charge is -2.14. The molecule has 1 aliphatic carbocycles. The summed E-state index contributed by atoms with van der Waals surface area (Å²) < 4.78 is 0. The van der Waals surface area contributed by atoms with Gasteiger partial charge in [-0.05, 0) is 53.8 Å². The maximum absolute atomic E-state index is 10.2. The van der Waals surface area contributed by atoms with Gasteiger partial charge in [-0.2, -0.15) is 0 Å². The first kappa shape index (κ1) is 16.8. The molecule has 2 aromatic rings. The fourth-order valence-corrected chi connectivity index (χ4v) is 3.06. The lowest BCUT2D eigenvalue weighted by molar-refractivity contribution is 0.223. The predicted octanol–water partition coefficient (Wildman–Crippen LogP) is 3.22. The van der Waals surface area contributed by atoms with Gasteiger partial charge < -0.3 is 10.4 Å². The molecule has 0 heterocycles. The predicted molar refractivity (Wildman–Crippen MR) is 94.6 cm³/mol. The average Bonchev–Trinajstić information content (AvgIpc) is 2.66. The average molecular weight is 316 g/mol. The molecule has 0 aromatic heterocycles. The molecule has 0 amide bonds. The van der Waals surface area contributed by atoms with Crippen molar-refractivity contribution in [2.75, 3.05) is 13.6 Å². The fraction of sp³-hybridized carbons (Fsp3) is 0.263. The first-order chi connectivity index (χ1) is 10.3. The van der Waals surface area contributed by atoms with E-state index < -0.39 is 6.10 Å². The number of benzene rings is 2. The molecule has 0 spiro atoms. The Morgan fingerprint density at radius 1 is 1.00 bits per heavy atom. The van der Waals surface area contributed by atoms with Gasteiger partial charge >= 0.3 is 0 Å². The summed E-state index contributed by atoms with van der Waals surface area (Å²) in [6.45, 7) is 0.563. The number of halogens is 1. The van der Waals surface area contributed by atoms with Gasteiger partial charge in [0.05, 0.1) is 6.10 Å². The van der Waals surface area contributed by atoms with Gasteiger partial charge in [-0.1, -0.05) is 48.5 Å². The fourth-order valence-electron chi connectivity index (χ4n) is 3.06. The molecule has 1 unspecified atom stereocenters. The highest BCUT2D eigenvalue weighted by molar-refractivity contribution is 5.85. The van der Waals surface area contributed by atoms with E-state index in [1.807, 2.05) is 13.1 Å². The van der Waals surface area contributed by atoms with Gasteiger partial charge in [0, 0.05) is 6.54 Å². The molecule has 2 N–H and O–H groups in total. The minimum absolute atomic E-state index is 0. The van der Waals surface area contributed by atoms with E-state index in [0.29, 0.717) is 6.54 Å². The summed E-state index contributed by atoms with van der Waals surface area (Å²) in [6.07, 6.45) is 3.60. The van der Waals surface area contributed by atoms with Crippen molar-refractivity contribution in [3.63, 3.8) is 0 Å². The van der Waals surface area contributed by atoms with Gasteiger partial charge in [-0.3, -0.25) is 0 Å². The summed E-state index contributed by atoms with van der Waals surface area (Å²) in [7, 11) is 1.86. The van der Waals surface area contributed by atoms with Gasteiger partial charge in [0.1, 0.15) is 0 Å². The molecule has 0 aliphatic heterocycles. The zero-order valence-electron chi connectivity index (χ0n) is 12.8. The van der Waals surface area contributed by atoms with Crippen LogP contribution in [0.2, 0.25) is 0 Å². The van der Waals surface area contributed by atoms with Crippen molar-refractivity contribution in [2.24, 2.45) is 0 Å². The van der Waals surface area contributed by atoms with Crippen molar-refractivity contribution in [3.8, 4) is 0 Å². The lowest BCUT2D eigenvalue weighted by Crippen LogP contribution is -2.21. The number of hydrogen-bond acceptors (Lipinski definition) is 2. The summed E-state index contributed by atoms with van der Waals surface area (Å²) in [5.74, 6) is 0. The zero-order valence-corrected chi connectivity index (χ0v) is 13.6. The molecular weight excluding hydrogens is 294 g/mol. The summed E-state index contributed by atoms with van der Waals surface area (Å²) in [4.78, 5) is 0. The minimum Gasteiger partial charge on any atom is -0.388 e. The third-order valence-electron chi connectivity index (χ3n) is 4.05. The molecule has 1 aliphatic rings. The van der Waals surface area contributed by atoms with Gasteiger partial charge in [0.2, 0.25) is 0 Å². The topological polar surface area (TPSA) is 32.3 Å². The minimum atomic E-state index is -0.482. The number of rotatable bonds is 3. The van der Waals surface area contributed by atoms with Gasteiger partial charge in [-0.15, -0.1) is 12.4 Å². The van der Waals surface area contributed by atoms with Crippen molar-refractivity contribution in [1.82, 2.24) is 5.32 Å². The Labute approximate surface area is 138 Å². The second-order valence-electron chi connectivity index (χ2n) is 5.52. The molecule has 22 heavy (non-hydrogen) atoms. The molecule has 0 saturated heterocycles. The molecule has 0 fully saturated rings. The van der Waals surface area contributed by atoms with E-state index in [9.17, 15) is 5.11 Å². The van der Waals surface area contributed by atoms with Crippen LogP contribution in [0.4, 0.5) is 0 Å².